The lowest BCUT2D eigenvalue weighted by Gasteiger charge is -2.28. The predicted molar refractivity (Wildman–Crippen MR) is 224 cm³/mol. The molecule has 9 N–H and O–H groups in total. The number of nitrogens with one attached hydrogen (secondary N) is 1. The van der Waals surface area contributed by atoms with Gasteiger partial charge in [0.25, 0.3) is 5.56 Å². The first-order chi connectivity index (χ1) is 32.3. The first kappa shape index (κ1) is 49.9. The van der Waals surface area contributed by atoms with Gasteiger partial charge in [0.2, 0.25) is 0 Å². The van der Waals surface area contributed by atoms with E-state index in [-0.39, 0.29) is 45.9 Å². The zero-order valence-electron chi connectivity index (χ0n) is 35.9. The second-order valence-corrected chi connectivity index (χ2v) is 19.5. The zero-order chi connectivity index (χ0) is 48.9. The molecule has 0 radical (unpaired) electrons. The standard InChI is InChI=1S/C33H45N12O20P3/c1-14-6-43(33(48)42-30(14)47)19-5-15(16(7-46)60-19)63-68(53,54)65-23-18(62-32(25(23)56-3)45-13-41-21-27(35)37-11-39-29(21)45)9-59-67(51,52)64-22-17(8-58-66(49,50)57-4)61-31(24(22)55-2)44-12-40-20-26(34)36-10-38-28(20)44/h6,10-13,15-19,22-25,31-32,46H,5,7-9H2,1-4H3,(H,49,50)(H,51,52)(H,53,54)(H2,34,36,38)(H2,35,37,39)(H,42,47,48)/t15-,16+,17+,18+,19+,22+,23+,24+,25+,31+,32+/m0/s1. The van der Waals surface area contributed by atoms with Crippen LogP contribution in [-0.4, -0.2) is 158 Å². The molecule has 0 saturated carbocycles. The van der Waals surface area contributed by atoms with Gasteiger partial charge in [0.05, 0.1) is 32.5 Å². The molecule has 5 aromatic heterocycles. The summed E-state index contributed by atoms with van der Waals surface area (Å²) in [4.78, 5) is 84.1. The van der Waals surface area contributed by atoms with Crippen LogP contribution in [0.1, 0.15) is 30.7 Å². The van der Waals surface area contributed by atoms with Crippen LogP contribution in [-0.2, 0) is 64.5 Å². The van der Waals surface area contributed by atoms with Crippen LogP contribution in [0.3, 0.4) is 0 Å². The lowest BCUT2D eigenvalue weighted by Crippen LogP contribution is -2.39. The molecule has 0 aliphatic carbocycles. The van der Waals surface area contributed by atoms with Crippen molar-refractivity contribution in [2.24, 2.45) is 0 Å². The topological polar surface area (TPSA) is 428 Å². The molecule has 8 heterocycles. The van der Waals surface area contributed by atoms with E-state index in [0.717, 1.165) is 24.3 Å². The highest BCUT2D eigenvalue weighted by Crippen LogP contribution is 2.54. The number of methoxy groups -OCH3 is 2. The number of aliphatic hydroxyl groups is 1. The molecular weight excluding hydrogens is 977 g/mol. The molecule has 0 aromatic carbocycles. The molecule has 68 heavy (non-hydrogen) atoms. The summed E-state index contributed by atoms with van der Waals surface area (Å²) in [6.45, 7) is -1.02. The normalized spacial score (nSPS) is 30.2. The number of fused-ring (bicyclic) bond motifs is 2. The second kappa shape index (κ2) is 19.7. The number of nitrogen functional groups attached to an aromatic ring is 2. The number of hydrogen-bond donors (Lipinski definition) is 7. The number of phosphoric acid groups is 3. The molecule has 5 aromatic rings. The number of rotatable bonds is 19. The quantitative estimate of drug-likeness (QED) is 0.0484. The van der Waals surface area contributed by atoms with E-state index in [2.05, 4.69) is 39.4 Å². The van der Waals surface area contributed by atoms with Gasteiger partial charge in [0.1, 0.15) is 78.7 Å². The lowest BCUT2D eigenvalue weighted by molar-refractivity contribution is -0.0629. The van der Waals surface area contributed by atoms with Crippen LogP contribution in [0.5, 0.6) is 0 Å². The van der Waals surface area contributed by atoms with Crippen LogP contribution in [0.4, 0.5) is 11.6 Å². The summed E-state index contributed by atoms with van der Waals surface area (Å²) in [5.74, 6) is 0.0139. The number of aromatic amines is 1. The number of nitrogens with zero attached hydrogens (tertiary/aromatic N) is 9. The van der Waals surface area contributed by atoms with Crippen molar-refractivity contribution in [2.75, 3.05) is 52.6 Å². The molecule has 3 saturated heterocycles. The number of hydrogen-bond acceptors (Lipinski definition) is 25. The second-order valence-electron chi connectivity index (χ2n) is 15.2. The minimum atomic E-state index is -5.37. The van der Waals surface area contributed by atoms with Crippen molar-refractivity contribution in [2.45, 2.75) is 80.9 Å². The van der Waals surface area contributed by atoms with E-state index < -0.39 is 122 Å². The van der Waals surface area contributed by atoms with Crippen molar-refractivity contribution in [3.8, 4) is 0 Å². The molecule has 0 spiro atoms. The Morgan fingerprint density at radius 2 is 1.22 bits per heavy atom. The molecule has 3 fully saturated rings. The molecule has 0 bridgehead atoms. The van der Waals surface area contributed by atoms with E-state index in [1.807, 2.05) is 0 Å². The van der Waals surface area contributed by atoms with Gasteiger partial charge in [-0.05, 0) is 6.92 Å². The van der Waals surface area contributed by atoms with Gasteiger partial charge in [0, 0.05) is 39.5 Å². The maximum atomic E-state index is 14.0. The molecule has 3 unspecified atom stereocenters. The van der Waals surface area contributed by atoms with Gasteiger partial charge in [0.15, 0.2) is 35.4 Å². The average Bonchev–Trinajstić information content (AvgIpc) is 4.13. The Kier molecular flexibility index (Phi) is 14.4. The van der Waals surface area contributed by atoms with Crippen LogP contribution in [0, 0.1) is 6.92 Å². The maximum absolute atomic E-state index is 14.0. The molecule has 372 valence electrons. The fourth-order valence-electron chi connectivity index (χ4n) is 7.87. The molecule has 3 aliphatic heterocycles. The summed E-state index contributed by atoms with van der Waals surface area (Å²) in [5.41, 5.74) is 11.2. The van der Waals surface area contributed by atoms with E-state index in [9.17, 15) is 43.1 Å². The largest absolute Gasteiger partial charge is 0.473 e. The summed E-state index contributed by atoms with van der Waals surface area (Å²) >= 11 is 0. The third-order valence-corrected chi connectivity index (χ3v) is 14.0. The predicted octanol–water partition coefficient (Wildman–Crippen LogP) is -1.07. The van der Waals surface area contributed by atoms with E-state index in [0.29, 0.717) is 0 Å². The lowest BCUT2D eigenvalue weighted by atomic mass is 10.1. The number of nitrogens with two attached hydrogens (primary N) is 2. The van der Waals surface area contributed by atoms with Gasteiger partial charge < -0.3 is 54.9 Å². The summed E-state index contributed by atoms with van der Waals surface area (Å²) in [5, 5.41) is 10.1. The van der Waals surface area contributed by atoms with Crippen molar-refractivity contribution >= 4 is 57.4 Å². The Labute approximate surface area is 381 Å². The Hall–Kier alpha value is -4.53. The summed E-state index contributed by atoms with van der Waals surface area (Å²) in [6, 6.07) is 0. The van der Waals surface area contributed by atoms with E-state index >= 15 is 0 Å². The summed E-state index contributed by atoms with van der Waals surface area (Å²) in [7, 11) is -12.0. The SMILES string of the molecule is CO[C@@H]1[C@H](OP(=O)(O)OC[C@H]2O[C@@H](n3cnc4c(N)ncnc43)[C@H](OC)[C@@H]2OP(=O)(O)O[C@H]2C[C@H](n3cc(C)c(=O)[nH]c3=O)O[C@@H]2CO)[C@@H](COP(=O)(O)OC)O[C@H]1n1cnc2c(N)ncnc21. The monoisotopic (exact) mass is 1020 g/mol. The number of aryl methyl sites for hydroxylation is 1. The van der Waals surface area contributed by atoms with Crippen LogP contribution in [0.25, 0.3) is 22.3 Å². The Bertz CT molecular complexity index is 2900. The zero-order valence-corrected chi connectivity index (χ0v) is 38.6. The number of imidazole rings is 2. The number of aromatic nitrogens is 10. The van der Waals surface area contributed by atoms with Gasteiger partial charge in [-0.25, -0.2) is 48.4 Å². The number of H-pyrrole nitrogens is 1. The highest BCUT2D eigenvalue weighted by atomic mass is 31.2. The van der Waals surface area contributed by atoms with E-state index in [1.165, 1.54) is 49.1 Å². The summed E-state index contributed by atoms with van der Waals surface area (Å²) in [6.07, 6.45) is -9.79. The minimum absolute atomic E-state index is 0.00585. The van der Waals surface area contributed by atoms with Gasteiger partial charge in [-0.15, -0.1) is 0 Å². The van der Waals surface area contributed by atoms with Crippen molar-refractivity contribution in [3.63, 3.8) is 0 Å². The number of anilines is 2. The van der Waals surface area contributed by atoms with Crippen molar-refractivity contribution in [3.05, 3.63) is 57.9 Å². The van der Waals surface area contributed by atoms with Crippen LogP contribution in [0.2, 0.25) is 0 Å². The highest BCUT2D eigenvalue weighted by Gasteiger charge is 2.54. The first-order valence-electron chi connectivity index (χ1n) is 20.0. The smallest absolute Gasteiger partial charge is 0.394 e. The average molecular weight is 1020 g/mol. The molecule has 32 nitrogen and oxygen atoms in total. The Morgan fingerprint density at radius 3 is 1.72 bits per heavy atom. The van der Waals surface area contributed by atoms with Gasteiger partial charge in [-0.3, -0.25) is 50.6 Å². The third kappa shape index (κ3) is 10.1. The van der Waals surface area contributed by atoms with E-state index in [1.54, 1.807) is 0 Å². The molecule has 35 heteroatoms. The van der Waals surface area contributed by atoms with Crippen molar-refractivity contribution < 1.29 is 84.3 Å². The molecule has 8 rings (SSSR count). The van der Waals surface area contributed by atoms with Crippen LogP contribution >= 0.6 is 23.5 Å². The minimum Gasteiger partial charge on any atom is -0.394 e. The third-order valence-electron chi connectivity index (χ3n) is 11.1. The molecular formula is C33H45N12O20P3. The number of ether oxygens (including phenoxy) is 5. The fraction of sp³-hybridized carbons (Fsp3) is 0.576. The van der Waals surface area contributed by atoms with Crippen molar-refractivity contribution in [1.82, 2.24) is 48.6 Å². The Morgan fingerprint density at radius 1 is 0.706 bits per heavy atom. The highest BCUT2D eigenvalue weighted by molar-refractivity contribution is 7.48. The van der Waals surface area contributed by atoms with Gasteiger partial charge in [-0.1, -0.05) is 0 Å². The van der Waals surface area contributed by atoms with Gasteiger partial charge >= 0.3 is 29.2 Å². The first-order valence-corrected chi connectivity index (χ1v) is 24.5. The fourth-order valence-corrected chi connectivity index (χ4v) is 10.4. The molecule has 3 aliphatic rings. The number of phosphoric ester groups is 3. The molecule has 14 atom stereocenters. The Balaban J connectivity index is 1.05. The van der Waals surface area contributed by atoms with E-state index in [4.69, 9.17) is 57.8 Å². The summed E-state index contributed by atoms with van der Waals surface area (Å²) < 4.78 is 105. The molecule has 0 amide bonds. The van der Waals surface area contributed by atoms with Crippen LogP contribution < -0.4 is 22.7 Å². The maximum Gasteiger partial charge on any atom is 0.473 e. The van der Waals surface area contributed by atoms with Crippen molar-refractivity contribution in [1.29, 1.82) is 0 Å². The van der Waals surface area contributed by atoms with Crippen LogP contribution in [0.15, 0.2) is 41.1 Å². The van der Waals surface area contributed by atoms with Gasteiger partial charge in [-0.2, -0.15) is 0 Å². The number of aliphatic hydroxyl groups excluding tert-OH is 1.